The lowest BCUT2D eigenvalue weighted by Gasteiger charge is -2.15. The summed E-state index contributed by atoms with van der Waals surface area (Å²) >= 11 is 0. The quantitative estimate of drug-likeness (QED) is 0.481. The number of aryl methyl sites for hydroxylation is 1. The molecule has 2 N–H and O–H groups in total. The highest BCUT2D eigenvalue weighted by Crippen LogP contribution is 2.33. The summed E-state index contributed by atoms with van der Waals surface area (Å²) < 4.78 is 7.60. The Kier molecular flexibility index (Phi) is 4.38. The van der Waals surface area contributed by atoms with E-state index in [9.17, 15) is 0 Å². The molecular weight excluding hydrogens is 348 g/mol. The minimum absolute atomic E-state index is 0.0735. The van der Waals surface area contributed by atoms with Gasteiger partial charge in [0.2, 0.25) is 0 Å². The van der Waals surface area contributed by atoms with Gasteiger partial charge in [-0.05, 0) is 37.3 Å². The zero-order valence-electron chi connectivity index (χ0n) is 17.0. The van der Waals surface area contributed by atoms with Gasteiger partial charge in [-0.15, -0.1) is 0 Å². The van der Waals surface area contributed by atoms with Crippen LogP contribution < -0.4 is 10.1 Å². The standard InChI is InChI=1S/C23H26N4O/c1-15-13-27(14-24-15)20-10-9-16(11-21(20)28-5)25-18-7-6-8-19-17(18)12-22(26-19)23(2,3)4/h6-14,25-26H,1-5H3. The average Bonchev–Trinajstić information content (AvgIpc) is 3.28. The number of benzene rings is 2. The van der Waals surface area contributed by atoms with Gasteiger partial charge in [0, 0.05) is 45.6 Å². The molecule has 0 bridgehead atoms. The number of rotatable bonds is 4. The number of ether oxygens (including phenoxy) is 1. The fourth-order valence-corrected chi connectivity index (χ4v) is 3.35. The first-order valence-electron chi connectivity index (χ1n) is 9.43. The zero-order chi connectivity index (χ0) is 19.9. The smallest absolute Gasteiger partial charge is 0.144 e. The molecule has 2 aromatic carbocycles. The molecule has 0 saturated carbocycles. The summed E-state index contributed by atoms with van der Waals surface area (Å²) in [5, 5.41) is 4.73. The van der Waals surface area contributed by atoms with Crippen molar-refractivity contribution >= 4 is 22.3 Å². The molecule has 0 radical (unpaired) electrons. The van der Waals surface area contributed by atoms with Crippen LogP contribution in [-0.2, 0) is 5.41 Å². The van der Waals surface area contributed by atoms with Gasteiger partial charge >= 0.3 is 0 Å². The topological polar surface area (TPSA) is 54.9 Å². The van der Waals surface area contributed by atoms with Gasteiger partial charge in [-0.2, -0.15) is 0 Å². The fourth-order valence-electron chi connectivity index (χ4n) is 3.35. The van der Waals surface area contributed by atoms with E-state index in [0.717, 1.165) is 34.0 Å². The third-order valence-corrected chi connectivity index (χ3v) is 4.92. The molecule has 0 aliphatic heterocycles. The Morgan fingerprint density at radius 1 is 1.11 bits per heavy atom. The Bertz CT molecular complexity index is 1130. The molecule has 4 rings (SSSR count). The van der Waals surface area contributed by atoms with E-state index in [1.807, 2.05) is 29.8 Å². The Hall–Kier alpha value is -3.21. The Balaban J connectivity index is 1.70. The number of hydrogen-bond acceptors (Lipinski definition) is 3. The predicted octanol–water partition coefficient (Wildman–Crippen LogP) is 5.71. The van der Waals surface area contributed by atoms with Gasteiger partial charge in [0.1, 0.15) is 5.75 Å². The van der Waals surface area contributed by atoms with Crippen molar-refractivity contribution in [1.82, 2.24) is 14.5 Å². The van der Waals surface area contributed by atoms with Crippen LogP contribution in [0.4, 0.5) is 11.4 Å². The lowest BCUT2D eigenvalue weighted by atomic mass is 9.92. The second-order valence-corrected chi connectivity index (χ2v) is 8.13. The SMILES string of the molecule is COc1cc(Nc2cccc3[nH]c(C(C)(C)C)cc23)ccc1-n1cnc(C)c1. The fraction of sp³-hybridized carbons (Fsp3) is 0.261. The van der Waals surface area contributed by atoms with Crippen molar-refractivity contribution in [3.63, 3.8) is 0 Å². The van der Waals surface area contributed by atoms with Crippen molar-refractivity contribution in [2.24, 2.45) is 0 Å². The summed E-state index contributed by atoms with van der Waals surface area (Å²) in [6.45, 7) is 8.62. The molecule has 4 aromatic rings. The number of fused-ring (bicyclic) bond motifs is 1. The van der Waals surface area contributed by atoms with Crippen LogP contribution in [0, 0.1) is 6.92 Å². The highest BCUT2D eigenvalue weighted by molar-refractivity contribution is 5.94. The molecule has 0 amide bonds. The molecule has 2 aromatic heterocycles. The van der Waals surface area contributed by atoms with Gasteiger partial charge in [-0.1, -0.05) is 26.8 Å². The van der Waals surface area contributed by atoms with Gasteiger partial charge in [0.05, 0.1) is 24.8 Å². The van der Waals surface area contributed by atoms with Crippen molar-refractivity contribution in [2.75, 3.05) is 12.4 Å². The van der Waals surface area contributed by atoms with Crippen molar-refractivity contribution in [3.8, 4) is 11.4 Å². The van der Waals surface area contributed by atoms with Crippen LogP contribution in [0.15, 0.2) is 55.0 Å². The van der Waals surface area contributed by atoms with Crippen LogP contribution in [0.3, 0.4) is 0 Å². The second-order valence-electron chi connectivity index (χ2n) is 8.13. The first-order chi connectivity index (χ1) is 13.3. The summed E-state index contributed by atoms with van der Waals surface area (Å²) in [4.78, 5) is 7.85. The Morgan fingerprint density at radius 2 is 1.93 bits per heavy atom. The normalized spacial score (nSPS) is 11.8. The first kappa shape index (κ1) is 18.2. The number of imidazole rings is 1. The summed E-state index contributed by atoms with van der Waals surface area (Å²) in [5.74, 6) is 0.791. The van der Waals surface area contributed by atoms with Crippen LogP contribution in [0.5, 0.6) is 5.75 Å². The maximum atomic E-state index is 5.63. The molecule has 0 unspecified atom stereocenters. The van der Waals surface area contributed by atoms with Crippen LogP contribution in [-0.4, -0.2) is 21.6 Å². The monoisotopic (exact) mass is 374 g/mol. The largest absolute Gasteiger partial charge is 0.494 e. The Labute approximate surface area is 165 Å². The molecular formula is C23H26N4O. The highest BCUT2D eigenvalue weighted by atomic mass is 16.5. The summed E-state index contributed by atoms with van der Waals surface area (Å²) in [7, 11) is 1.69. The molecule has 144 valence electrons. The van der Waals surface area contributed by atoms with Crippen molar-refractivity contribution in [2.45, 2.75) is 33.1 Å². The maximum Gasteiger partial charge on any atom is 0.144 e. The van der Waals surface area contributed by atoms with E-state index in [1.165, 1.54) is 11.1 Å². The van der Waals surface area contributed by atoms with E-state index in [2.05, 4.69) is 66.4 Å². The molecule has 5 nitrogen and oxygen atoms in total. The summed E-state index contributed by atoms with van der Waals surface area (Å²) in [6, 6.07) is 14.6. The van der Waals surface area contributed by atoms with Gasteiger partial charge < -0.3 is 19.6 Å². The highest BCUT2D eigenvalue weighted by Gasteiger charge is 2.17. The number of nitrogens with one attached hydrogen (secondary N) is 2. The minimum atomic E-state index is 0.0735. The molecule has 0 atom stereocenters. The van der Waals surface area contributed by atoms with E-state index in [-0.39, 0.29) is 5.41 Å². The lowest BCUT2D eigenvalue weighted by Crippen LogP contribution is -2.10. The number of aromatic nitrogens is 3. The van der Waals surface area contributed by atoms with Gasteiger partial charge in [0.15, 0.2) is 0 Å². The molecule has 0 fully saturated rings. The molecule has 28 heavy (non-hydrogen) atoms. The number of hydrogen-bond donors (Lipinski definition) is 2. The van der Waals surface area contributed by atoms with Gasteiger partial charge in [0.25, 0.3) is 0 Å². The summed E-state index contributed by atoms with van der Waals surface area (Å²) in [6.07, 6.45) is 3.79. The van der Waals surface area contributed by atoms with Crippen molar-refractivity contribution in [3.05, 3.63) is 66.4 Å². The minimum Gasteiger partial charge on any atom is -0.494 e. The number of aromatic amines is 1. The first-order valence-corrected chi connectivity index (χ1v) is 9.43. The van der Waals surface area contributed by atoms with Crippen LogP contribution >= 0.6 is 0 Å². The van der Waals surface area contributed by atoms with Crippen LogP contribution in [0.2, 0.25) is 0 Å². The Morgan fingerprint density at radius 3 is 2.61 bits per heavy atom. The van der Waals surface area contributed by atoms with Crippen molar-refractivity contribution < 1.29 is 4.74 Å². The third-order valence-electron chi connectivity index (χ3n) is 4.92. The van der Waals surface area contributed by atoms with Crippen LogP contribution in [0.25, 0.3) is 16.6 Å². The second kappa shape index (κ2) is 6.75. The van der Waals surface area contributed by atoms with Gasteiger partial charge in [-0.3, -0.25) is 0 Å². The third kappa shape index (κ3) is 3.36. The number of methoxy groups -OCH3 is 1. The number of nitrogens with zero attached hydrogens (tertiary/aromatic N) is 2. The predicted molar refractivity (Wildman–Crippen MR) is 115 cm³/mol. The molecule has 0 aliphatic rings. The van der Waals surface area contributed by atoms with E-state index in [1.54, 1.807) is 13.4 Å². The van der Waals surface area contributed by atoms with Gasteiger partial charge in [-0.25, -0.2) is 4.98 Å². The van der Waals surface area contributed by atoms with Crippen LogP contribution in [0.1, 0.15) is 32.2 Å². The van der Waals surface area contributed by atoms with E-state index >= 15 is 0 Å². The summed E-state index contributed by atoms with van der Waals surface area (Å²) in [5.41, 5.74) is 6.40. The maximum absolute atomic E-state index is 5.63. The van der Waals surface area contributed by atoms with E-state index < -0.39 is 0 Å². The molecule has 5 heteroatoms. The molecule has 0 aliphatic carbocycles. The lowest BCUT2D eigenvalue weighted by molar-refractivity contribution is 0.413. The average molecular weight is 374 g/mol. The molecule has 0 spiro atoms. The molecule has 0 saturated heterocycles. The van der Waals surface area contributed by atoms with Crippen molar-refractivity contribution in [1.29, 1.82) is 0 Å². The van der Waals surface area contributed by atoms with E-state index in [4.69, 9.17) is 4.74 Å². The molecule has 2 heterocycles. The zero-order valence-corrected chi connectivity index (χ0v) is 17.0. The number of anilines is 2. The van der Waals surface area contributed by atoms with E-state index in [0.29, 0.717) is 0 Å². The number of H-pyrrole nitrogens is 1.